The number of amides is 2. The maximum atomic E-state index is 11.8. The molecule has 0 saturated heterocycles. The van der Waals surface area contributed by atoms with Crippen LogP contribution in [-0.4, -0.2) is 24.2 Å². The van der Waals surface area contributed by atoms with Gasteiger partial charge < -0.3 is 15.4 Å². The molecule has 0 spiro atoms. The van der Waals surface area contributed by atoms with E-state index in [1.807, 2.05) is 51.1 Å². The molecule has 0 saturated carbocycles. The molecule has 5 nitrogen and oxygen atoms in total. The van der Waals surface area contributed by atoms with Crippen LogP contribution in [0.25, 0.3) is 0 Å². The third-order valence-electron chi connectivity index (χ3n) is 3.45. The number of aryl methyl sites for hydroxylation is 2. The van der Waals surface area contributed by atoms with E-state index < -0.39 is 0 Å². The Hall–Kier alpha value is -2.56. The third-order valence-corrected chi connectivity index (χ3v) is 3.45. The Morgan fingerprint density at radius 1 is 1.26 bits per heavy atom. The molecule has 0 bridgehead atoms. The van der Waals surface area contributed by atoms with Crippen molar-refractivity contribution in [3.05, 3.63) is 59.4 Å². The number of carbonyl (C=O) groups is 1. The molecule has 0 aliphatic carbocycles. The zero-order valence-electron chi connectivity index (χ0n) is 13.8. The summed E-state index contributed by atoms with van der Waals surface area (Å²) in [4.78, 5) is 16.1. The van der Waals surface area contributed by atoms with E-state index >= 15 is 0 Å². The number of pyridine rings is 1. The number of nitrogens with zero attached hydrogens (tertiary/aromatic N) is 1. The van der Waals surface area contributed by atoms with Gasteiger partial charge in [-0.05, 0) is 44.5 Å². The number of benzene rings is 1. The maximum absolute atomic E-state index is 11.8. The Labute approximate surface area is 137 Å². The quantitative estimate of drug-likeness (QED) is 0.805. The van der Waals surface area contributed by atoms with Gasteiger partial charge in [0, 0.05) is 6.20 Å². The van der Waals surface area contributed by atoms with Gasteiger partial charge in [-0.15, -0.1) is 0 Å². The molecule has 2 aromatic rings. The van der Waals surface area contributed by atoms with E-state index in [2.05, 4.69) is 21.7 Å². The van der Waals surface area contributed by atoms with Crippen molar-refractivity contribution >= 4 is 6.03 Å². The van der Waals surface area contributed by atoms with Crippen molar-refractivity contribution in [1.82, 2.24) is 15.6 Å². The molecular formula is C18H23N3O2. The number of nitrogens with one attached hydrogen (secondary N) is 2. The SMILES string of the molecule is Cc1ccc(OCCNC(=O)NC(C)c2ccccn2)c(C)c1. The predicted molar refractivity (Wildman–Crippen MR) is 90.6 cm³/mol. The zero-order chi connectivity index (χ0) is 16.7. The number of hydrogen-bond donors (Lipinski definition) is 2. The second-order valence-electron chi connectivity index (χ2n) is 5.49. The lowest BCUT2D eigenvalue weighted by Crippen LogP contribution is -2.39. The Kier molecular flexibility index (Phi) is 5.97. The van der Waals surface area contributed by atoms with Gasteiger partial charge in [0.25, 0.3) is 0 Å². The van der Waals surface area contributed by atoms with E-state index in [0.717, 1.165) is 17.0 Å². The van der Waals surface area contributed by atoms with Gasteiger partial charge in [0.15, 0.2) is 0 Å². The number of carbonyl (C=O) groups excluding carboxylic acids is 1. The van der Waals surface area contributed by atoms with E-state index in [9.17, 15) is 4.79 Å². The van der Waals surface area contributed by atoms with Gasteiger partial charge in [0.1, 0.15) is 12.4 Å². The van der Waals surface area contributed by atoms with Crippen LogP contribution in [0.1, 0.15) is 29.8 Å². The molecular weight excluding hydrogens is 290 g/mol. The van der Waals surface area contributed by atoms with Crippen LogP contribution >= 0.6 is 0 Å². The van der Waals surface area contributed by atoms with E-state index in [1.165, 1.54) is 5.56 Å². The fourth-order valence-corrected chi connectivity index (χ4v) is 2.24. The molecule has 2 amide bonds. The second-order valence-corrected chi connectivity index (χ2v) is 5.49. The van der Waals surface area contributed by atoms with Gasteiger partial charge >= 0.3 is 6.03 Å². The summed E-state index contributed by atoms with van der Waals surface area (Å²) in [5.41, 5.74) is 3.13. The van der Waals surface area contributed by atoms with Crippen LogP contribution in [0, 0.1) is 13.8 Å². The normalized spacial score (nSPS) is 11.6. The van der Waals surface area contributed by atoms with Crippen molar-refractivity contribution in [1.29, 1.82) is 0 Å². The first-order chi connectivity index (χ1) is 11.1. The minimum absolute atomic E-state index is 0.142. The Morgan fingerprint density at radius 3 is 2.78 bits per heavy atom. The number of hydrogen-bond acceptors (Lipinski definition) is 3. The standard InChI is InChI=1S/C18H23N3O2/c1-13-7-8-17(14(2)12-13)23-11-10-20-18(22)21-15(3)16-6-4-5-9-19-16/h4-9,12,15H,10-11H2,1-3H3,(H2,20,21,22). The van der Waals surface area contributed by atoms with Crippen molar-refractivity contribution in [2.45, 2.75) is 26.8 Å². The number of ether oxygens (including phenoxy) is 1. The second kappa shape index (κ2) is 8.17. The smallest absolute Gasteiger partial charge is 0.315 e. The highest BCUT2D eigenvalue weighted by molar-refractivity contribution is 5.74. The summed E-state index contributed by atoms with van der Waals surface area (Å²) in [6, 6.07) is 11.3. The molecule has 2 N–H and O–H groups in total. The summed E-state index contributed by atoms with van der Waals surface area (Å²) in [6.07, 6.45) is 1.71. The van der Waals surface area contributed by atoms with Crippen LogP contribution in [0.3, 0.4) is 0 Å². The molecule has 122 valence electrons. The third kappa shape index (κ3) is 5.29. The molecule has 1 aromatic carbocycles. The lowest BCUT2D eigenvalue weighted by Gasteiger charge is -2.14. The highest BCUT2D eigenvalue weighted by Gasteiger charge is 2.09. The van der Waals surface area contributed by atoms with Crippen molar-refractivity contribution in [3.8, 4) is 5.75 Å². The first-order valence-electron chi connectivity index (χ1n) is 7.71. The van der Waals surface area contributed by atoms with Gasteiger partial charge in [-0.1, -0.05) is 23.8 Å². The predicted octanol–water partition coefficient (Wildman–Crippen LogP) is 3.14. The van der Waals surface area contributed by atoms with E-state index in [1.54, 1.807) is 6.20 Å². The molecule has 0 radical (unpaired) electrons. The molecule has 1 heterocycles. The molecule has 1 unspecified atom stereocenters. The largest absolute Gasteiger partial charge is 0.491 e. The summed E-state index contributed by atoms with van der Waals surface area (Å²) in [5, 5.41) is 5.63. The molecule has 5 heteroatoms. The monoisotopic (exact) mass is 313 g/mol. The lowest BCUT2D eigenvalue weighted by atomic mass is 10.1. The van der Waals surface area contributed by atoms with Gasteiger partial charge in [0.2, 0.25) is 0 Å². The minimum atomic E-state index is -0.229. The van der Waals surface area contributed by atoms with Crippen LogP contribution in [-0.2, 0) is 0 Å². The molecule has 2 rings (SSSR count). The first kappa shape index (κ1) is 16.8. The fourth-order valence-electron chi connectivity index (χ4n) is 2.24. The van der Waals surface area contributed by atoms with Gasteiger partial charge in [-0.3, -0.25) is 4.98 Å². The minimum Gasteiger partial charge on any atom is -0.491 e. The molecule has 0 aliphatic heterocycles. The topological polar surface area (TPSA) is 63.2 Å². The van der Waals surface area contributed by atoms with Crippen molar-refractivity contribution < 1.29 is 9.53 Å². The maximum Gasteiger partial charge on any atom is 0.315 e. The molecule has 1 atom stereocenters. The highest BCUT2D eigenvalue weighted by atomic mass is 16.5. The van der Waals surface area contributed by atoms with E-state index in [0.29, 0.717) is 13.2 Å². The van der Waals surface area contributed by atoms with Crippen LogP contribution in [0.4, 0.5) is 4.79 Å². The Morgan fingerprint density at radius 2 is 2.09 bits per heavy atom. The van der Waals surface area contributed by atoms with E-state index in [-0.39, 0.29) is 12.1 Å². The average Bonchev–Trinajstić information content (AvgIpc) is 2.54. The summed E-state index contributed by atoms with van der Waals surface area (Å²) < 4.78 is 5.68. The molecule has 0 fully saturated rings. The molecule has 1 aromatic heterocycles. The summed E-state index contributed by atoms with van der Waals surface area (Å²) >= 11 is 0. The Balaban J connectivity index is 1.70. The van der Waals surface area contributed by atoms with E-state index in [4.69, 9.17) is 4.74 Å². The fraction of sp³-hybridized carbons (Fsp3) is 0.333. The Bertz CT molecular complexity index is 644. The molecule has 23 heavy (non-hydrogen) atoms. The highest BCUT2D eigenvalue weighted by Crippen LogP contribution is 2.18. The van der Waals surface area contributed by atoms with Gasteiger partial charge in [-0.2, -0.15) is 0 Å². The lowest BCUT2D eigenvalue weighted by molar-refractivity contribution is 0.233. The summed E-state index contributed by atoms with van der Waals surface area (Å²) in [7, 11) is 0. The molecule has 0 aliphatic rings. The number of aromatic nitrogens is 1. The number of urea groups is 1. The zero-order valence-corrected chi connectivity index (χ0v) is 13.8. The van der Waals surface area contributed by atoms with Crippen LogP contribution in [0.5, 0.6) is 5.75 Å². The summed E-state index contributed by atoms with van der Waals surface area (Å²) in [6.45, 7) is 6.82. The van der Waals surface area contributed by atoms with Crippen molar-refractivity contribution in [3.63, 3.8) is 0 Å². The van der Waals surface area contributed by atoms with Gasteiger partial charge in [-0.25, -0.2) is 4.79 Å². The van der Waals surface area contributed by atoms with Crippen molar-refractivity contribution in [2.24, 2.45) is 0 Å². The first-order valence-corrected chi connectivity index (χ1v) is 7.71. The van der Waals surface area contributed by atoms with Gasteiger partial charge in [0.05, 0.1) is 18.3 Å². The van der Waals surface area contributed by atoms with Crippen LogP contribution in [0.15, 0.2) is 42.6 Å². The van der Waals surface area contributed by atoms with Crippen LogP contribution in [0.2, 0.25) is 0 Å². The van der Waals surface area contributed by atoms with Crippen LogP contribution < -0.4 is 15.4 Å². The average molecular weight is 313 g/mol. The number of rotatable bonds is 6. The summed E-state index contributed by atoms with van der Waals surface area (Å²) in [5.74, 6) is 0.847. The van der Waals surface area contributed by atoms with Crippen molar-refractivity contribution in [2.75, 3.05) is 13.2 Å².